The van der Waals surface area contributed by atoms with Crippen molar-refractivity contribution >= 4 is 5.91 Å². The van der Waals surface area contributed by atoms with Crippen LogP contribution in [0, 0.1) is 0 Å². The minimum atomic E-state index is -1.05. The van der Waals surface area contributed by atoms with Crippen molar-refractivity contribution < 1.29 is 9.90 Å². The first-order valence-electron chi connectivity index (χ1n) is 7.22. The Balaban J connectivity index is 1.62. The molecule has 0 spiro atoms. The molecule has 0 radical (unpaired) electrons. The Morgan fingerprint density at radius 1 is 1.50 bits per heavy atom. The second kappa shape index (κ2) is 5.36. The second-order valence-electron chi connectivity index (χ2n) is 5.74. The average molecular weight is 276 g/mol. The third-order valence-corrected chi connectivity index (χ3v) is 4.26. The molecule has 2 heterocycles. The lowest BCUT2D eigenvalue weighted by molar-refractivity contribution is -0.130. The number of H-pyrrole nitrogens is 1. The van der Waals surface area contributed by atoms with Gasteiger partial charge >= 0.3 is 0 Å². The van der Waals surface area contributed by atoms with Crippen LogP contribution >= 0.6 is 0 Å². The highest BCUT2D eigenvalue weighted by Crippen LogP contribution is 2.31. The van der Waals surface area contributed by atoms with Crippen LogP contribution in [0.3, 0.4) is 0 Å². The number of hydrogen-bond donors (Lipinski definition) is 2. The summed E-state index contributed by atoms with van der Waals surface area (Å²) in [5.74, 6) is 0.109. The van der Waals surface area contributed by atoms with Crippen LogP contribution in [0.25, 0.3) is 0 Å². The highest BCUT2D eigenvalue weighted by atomic mass is 16.3. The van der Waals surface area contributed by atoms with Gasteiger partial charge in [0.15, 0.2) is 0 Å². The van der Waals surface area contributed by atoms with Crippen LogP contribution < -0.4 is 0 Å². The zero-order chi connectivity index (χ0) is 14.0. The van der Waals surface area contributed by atoms with Gasteiger partial charge in [0.25, 0.3) is 0 Å². The van der Waals surface area contributed by atoms with E-state index in [-0.39, 0.29) is 5.91 Å². The van der Waals surface area contributed by atoms with Gasteiger partial charge in [0.05, 0.1) is 12.7 Å². The van der Waals surface area contributed by atoms with Crippen molar-refractivity contribution in [3.8, 4) is 0 Å². The fourth-order valence-electron chi connectivity index (χ4n) is 3.01. The van der Waals surface area contributed by atoms with Crippen LogP contribution in [0.15, 0.2) is 17.8 Å². The predicted octanol–water partition coefficient (Wildman–Crippen LogP) is 1.12. The third kappa shape index (κ3) is 2.60. The summed E-state index contributed by atoms with van der Waals surface area (Å²) in [7, 11) is 0. The molecular weight excluding hydrogens is 256 g/mol. The van der Waals surface area contributed by atoms with E-state index in [1.807, 2.05) is 0 Å². The molecule has 108 valence electrons. The highest BCUT2D eigenvalue weighted by molar-refractivity contribution is 5.79. The Morgan fingerprint density at radius 2 is 2.40 bits per heavy atom. The number of likely N-dealkylation sites (tertiary alicyclic amines) is 1. The molecule has 1 atom stereocenters. The Hall–Kier alpha value is -1.69. The zero-order valence-electron chi connectivity index (χ0n) is 11.5. The van der Waals surface area contributed by atoms with E-state index in [2.05, 4.69) is 21.5 Å². The number of carbonyl (C=O) groups excluding carboxylic acids is 1. The normalized spacial score (nSPS) is 26.6. The largest absolute Gasteiger partial charge is 0.381 e. The molecule has 1 aliphatic heterocycles. The molecule has 0 unspecified atom stereocenters. The molecule has 2 aliphatic rings. The summed E-state index contributed by atoms with van der Waals surface area (Å²) >= 11 is 0. The summed E-state index contributed by atoms with van der Waals surface area (Å²) in [5.41, 5.74) is 0.715. The first-order valence-corrected chi connectivity index (χ1v) is 7.22. The first kappa shape index (κ1) is 13.3. The Bertz CT molecular complexity index is 511. The Morgan fingerprint density at radius 3 is 3.10 bits per heavy atom. The summed E-state index contributed by atoms with van der Waals surface area (Å²) in [6, 6.07) is 0. The number of amides is 1. The van der Waals surface area contributed by atoms with E-state index in [4.69, 9.17) is 0 Å². The number of rotatable bonds is 3. The minimum absolute atomic E-state index is 0.109. The maximum atomic E-state index is 12.3. The Kier molecular flexibility index (Phi) is 3.56. The van der Waals surface area contributed by atoms with Gasteiger partial charge in [-0.2, -0.15) is 15.4 Å². The van der Waals surface area contributed by atoms with Gasteiger partial charge in [-0.05, 0) is 25.7 Å². The van der Waals surface area contributed by atoms with Crippen LogP contribution in [0.4, 0.5) is 0 Å². The van der Waals surface area contributed by atoms with E-state index in [9.17, 15) is 9.90 Å². The molecule has 6 nitrogen and oxygen atoms in total. The van der Waals surface area contributed by atoms with Gasteiger partial charge in [0, 0.05) is 19.4 Å². The van der Waals surface area contributed by atoms with Crippen molar-refractivity contribution in [2.75, 3.05) is 13.1 Å². The SMILES string of the molecule is O=C(CC1=CCCCC1)N1CC[C@@](O)(c2cn[nH]n2)C1. The number of nitrogens with one attached hydrogen (secondary N) is 1. The summed E-state index contributed by atoms with van der Waals surface area (Å²) < 4.78 is 0. The molecule has 0 bridgehead atoms. The van der Waals surface area contributed by atoms with Crippen molar-refractivity contribution in [3.63, 3.8) is 0 Å². The van der Waals surface area contributed by atoms with Crippen molar-refractivity contribution in [2.45, 2.75) is 44.1 Å². The predicted molar refractivity (Wildman–Crippen MR) is 72.6 cm³/mol. The molecule has 1 aromatic rings. The molecule has 20 heavy (non-hydrogen) atoms. The van der Waals surface area contributed by atoms with E-state index in [1.54, 1.807) is 4.90 Å². The van der Waals surface area contributed by atoms with Crippen LogP contribution in [-0.4, -0.2) is 44.4 Å². The lowest BCUT2D eigenvalue weighted by Crippen LogP contribution is -2.34. The fraction of sp³-hybridized carbons (Fsp3) is 0.643. The van der Waals surface area contributed by atoms with Crippen molar-refractivity contribution in [1.29, 1.82) is 0 Å². The molecule has 0 saturated carbocycles. The van der Waals surface area contributed by atoms with E-state index in [1.165, 1.54) is 24.6 Å². The first-order chi connectivity index (χ1) is 9.67. The third-order valence-electron chi connectivity index (χ3n) is 4.26. The van der Waals surface area contributed by atoms with Crippen LogP contribution in [0.2, 0.25) is 0 Å². The molecule has 2 N–H and O–H groups in total. The summed E-state index contributed by atoms with van der Waals surface area (Å²) in [4.78, 5) is 14.0. The van der Waals surface area contributed by atoms with E-state index < -0.39 is 5.60 Å². The molecule has 1 aliphatic carbocycles. The van der Waals surface area contributed by atoms with Crippen LogP contribution in [0.5, 0.6) is 0 Å². The lowest BCUT2D eigenvalue weighted by Gasteiger charge is -2.22. The number of hydrogen-bond acceptors (Lipinski definition) is 4. The number of nitrogens with zero attached hydrogens (tertiary/aromatic N) is 3. The maximum absolute atomic E-state index is 12.3. The number of aromatic nitrogens is 3. The molecule has 1 amide bonds. The summed E-state index contributed by atoms with van der Waals surface area (Å²) in [5, 5.41) is 20.7. The van der Waals surface area contributed by atoms with E-state index in [0.717, 1.165) is 12.8 Å². The topological polar surface area (TPSA) is 82.1 Å². The number of β-amino-alcohol motifs (C(OH)–C–C–N with tert-alkyl or cyclic N) is 1. The monoisotopic (exact) mass is 276 g/mol. The van der Waals surface area contributed by atoms with Gasteiger partial charge in [-0.1, -0.05) is 11.6 Å². The molecule has 6 heteroatoms. The second-order valence-corrected chi connectivity index (χ2v) is 5.74. The van der Waals surface area contributed by atoms with Gasteiger partial charge in [0.1, 0.15) is 11.3 Å². The smallest absolute Gasteiger partial charge is 0.226 e. The number of carbonyl (C=O) groups is 1. The number of aliphatic hydroxyl groups is 1. The van der Waals surface area contributed by atoms with Gasteiger partial charge in [-0.15, -0.1) is 0 Å². The molecule has 1 fully saturated rings. The molecule has 3 rings (SSSR count). The maximum Gasteiger partial charge on any atom is 0.226 e. The molecule has 0 aromatic carbocycles. The number of allylic oxidation sites excluding steroid dienone is 1. The van der Waals surface area contributed by atoms with Crippen molar-refractivity contribution in [2.24, 2.45) is 0 Å². The number of aromatic amines is 1. The zero-order valence-corrected chi connectivity index (χ0v) is 11.5. The van der Waals surface area contributed by atoms with E-state index >= 15 is 0 Å². The van der Waals surface area contributed by atoms with Gasteiger partial charge in [-0.25, -0.2) is 0 Å². The van der Waals surface area contributed by atoms with Crippen molar-refractivity contribution in [1.82, 2.24) is 20.3 Å². The molecule has 1 aromatic heterocycles. The Labute approximate surface area is 117 Å². The van der Waals surface area contributed by atoms with Crippen LogP contribution in [0.1, 0.15) is 44.2 Å². The summed E-state index contributed by atoms with van der Waals surface area (Å²) in [6.07, 6.45) is 9.27. The van der Waals surface area contributed by atoms with Crippen LogP contribution in [-0.2, 0) is 10.4 Å². The van der Waals surface area contributed by atoms with Gasteiger partial charge in [-0.3, -0.25) is 4.79 Å². The van der Waals surface area contributed by atoms with E-state index in [0.29, 0.717) is 31.6 Å². The minimum Gasteiger partial charge on any atom is -0.381 e. The van der Waals surface area contributed by atoms with Gasteiger partial charge < -0.3 is 10.0 Å². The molecule has 1 saturated heterocycles. The standard InChI is InChI=1S/C14H20N4O2/c19-13(8-11-4-2-1-3-5-11)18-7-6-14(20,10-18)12-9-15-17-16-12/h4,9,20H,1-3,5-8,10H2,(H,15,16,17)/t14-/m0/s1. The summed E-state index contributed by atoms with van der Waals surface area (Å²) in [6.45, 7) is 0.890. The molecular formula is C14H20N4O2. The quantitative estimate of drug-likeness (QED) is 0.810. The fourth-order valence-corrected chi connectivity index (χ4v) is 3.01. The van der Waals surface area contributed by atoms with Crippen molar-refractivity contribution in [3.05, 3.63) is 23.5 Å². The highest BCUT2D eigenvalue weighted by Gasteiger charge is 2.41. The average Bonchev–Trinajstić information content (AvgIpc) is 3.10. The van der Waals surface area contributed by atoms with Gasteiger partial charge in [0.2, 0.25) is 5.91 Å². The lowest BCUT2D eigenvalue weighted by atomic mass is 9.97.